The second-order valence-corrected chi connectivity index (χ2v) is 5.55. The van der Waals surface area contributed by atoms with Crippen LogP contribution >= 0.6 is 0 Å². The van der Waals surface area contributed by atoms with E-state index in [1.54, 1.807) is 26.2 Å². The maximum Gasteiger partial charge on any atom is 0.256 e. The minimum atomic E-state index is -0.203. The number of carbonyl (C=O) groups is 1. The number of hydrogen-bond acceptors (Lipinski definition) is 8. The number of rotatable bonds is 7. The summed E-state index contributed by atoms with van der Waals surface area (Å²) in [6, 6.07) is 7.32. The lowest BCUT2D eigenvalue weighted by molar-refractivity contribution is 0.0953. The second kappa shape index (κ2) is 8.06. The number of pyridine rings is 1. The molecule has 0 aromatic carbocycles. The molecule has 9 nitrogen and oxygen atoms in total. The van der Waals surface area contributed by atoms with Crippen molar-refractivity contribution >= 4 is 23.2 Å². The van der Waals surface area contributed by atoms with Gasteiger partial charge in [-0.05, 0) is 38.1 Å². The zero-order valence-electron chi connectivity index (χ0n) is 14.5. The van der Waals surface area contributed by atoms with Gasteiger partial charge in [0.2, 0.25) is 0 Å². The van der Waals surface area contributed by atoms with Gasteiger partial charge in [-0.15, -0.1) is 10.2 Å². The van der Waals surface area contributed by atoms with E-state index >= 15 is 0 Å². The molecular weight excluding hydrogens is 334 g/mol. The molecule has 3 rings (SSSR count). The van der Waals surface area contributed by atoms with Crippen LogP contribution in [0.25, 0.3) is 0 Å². The molecule has 26 heavy (non-hydrogen) atoms. The van der Waals surface area contributed by atoms with Gasteiger partial charge in [0.25, 0.3) is 5.91 Å². The molecule has 0 spiro atoms. The van der Waals surface area contributed by atoms with Gasteiger partial charge in [0.15, 0.2) is 5.82 Å². The summed E-state index contributed by atoms with van der Waals surface area (Å²) < 4.78 is 4.99. The first-order valence-corrected chi connectivity index (χ1v) is 8.09. The average molecular weight is 353 g/mol. The predicted octanol–water partition coefficient (Wildman–Crippen LogP) is 2.06. The van der Waals surface area contributed by atoms with Crippen LogP contribution in [0.1, 0.15) is 21.8 Å². The Morgan fingerprint density at radius 3 is 2.42 bits per heavy atom. The van der Waals surface area contributed by atoms with Crippen LogP contribution in [-0.4, -0.2) is 39.3 Å². The van der Waals surface area contributed by atoms with Crippen molar-refractivity contribution in [3.8, 4) is 0 Å². The Hall–Kier alpha value is -3.49. The summed E-state index contributed by atoms with van der Waals surface area (Å²) in [6.07, 6.45) is 3.39. The summed E-state index contributed by atoms with van der Waals surface area (Å²) >= 11 is 0. The van der Waals surface area contributed by atoms with Gasteiger partial charge < -0.3 is 20.5 Å². The third-order valence-corrected chi connectivity index (χ3v) is 3.59. The van der Waals surface area contributed by atoms with Crippen molar-refractivity contribution in [2.24, 2.45) is 0 Å². The highest BCUT2D eigenvalue weighted by Crippen LogP contribution is 2.13. The van der Waals surface area contributed by atoms with Crippen molar-refractivity contribution in [3.05, 3.63) is 53.7 Å². The van der Waals surface area contributed by atoms with Gasteiger partial charge in [-0.3, -0.25) is 9.78 Å². The number of amides is 1. The molecule has 3 aromatic rings. The number of carbonyl (C=O) groups excluding carboxylic acids is 1. The number of anilines is 3. The lowest BCUT2D eigenvalue weighted by Crippen LogP contribution is -2.29. The lowest BCUT2D eigenvalue weighted by atomic mass is 10.2. The summed E-state index contributed by atoms with van der Waals surface area (Å²) in [5.41, 5.74) is 1.95. The van der Waals surface area contributed by atoms with Crippen molar-refractivity contribution in [1.29, 1.82) is 0 Å². The molecule has 0 aliphatic rings. The Balaban J connectivity index is 1.44. The molecule has 3 heterocycles. The quantitative estimate of drug-likeness (QED) is 0.553. The first-order valence-electron chi connectivity index (χ1n) is 8.09. The molecule has 0 aliphatic heterocycles. The number of aryl methyl sites for hydroxylation is 2. The van der Waals surface area contributed by atoms with Gasteiger partial charge in [0, 0.05) is 31.2 Å². The molecule has 0 radical (unpaired) electrons. The molecule has 0 atom stereocenters. The molecule has 0 saturated heterocycles. The summed E-state index contributed by atoms with van der Waals surface area (Å²) in [5, 5.41) is 21.0. The van der Waals surface area contributed by atoms with Crippen molar-refractivity contribution in [1.82, 2.24) is 25.7 Å². The van der Waals surface area contributed by atoms with Crippen LogP contribution in [0.15, 0.2) is 41.2 Å². The second-order valence-electron chi connectivity index (χ2n) is 5.55. The molecule has 1 amide bonds. The molecule has 3 aromatic heterocycles. The van der Waals surface area contributed by atoms with Crippen LogP contribution < -0.4 is 16.0 Å². The summed E-state index contributed by atoms with van der Waals surface area (Å²) in [4.78, 5) is 16.1. The summed E-state index contributed by atoms with van der Waals surface area (Å²) in [5.74, 6) is 1.56. The highest BCUT2D eigenvalue weighted by molar-refractivity contribution is 5.96. The van der Waals surface area contributed by atoms with E-state index in [9.17, 15) is 4.79 Å². The third-order valence-electron chi connectivity index (χ3n) is 3.59. The van der Waals surface area contributed by atoms with Crippen molar-refractivity contribution < 1.29 is 9.32 Å². The van der Waals surface area contributed by atoms with Gasteiger partial charge in [-0.25, -0.2) is 0 Å². The van der Waals surface area contributed by atoms with Crippen LogP contribution in [0.2, 0.25) is 0 Å². The summed E-state index contributed by atoms with van der Waals surface area (Å²) in [7, 11) is 0. The molecule has 9 heteroatoms. The maximum absolute atomic E-state index is 12.1. The first-order chi connectivity index (χ1) is 12.6. The van der Waals surface area contributed by atoms with Gasteiger partial charge >= 0.3 is 0 Å². The topological polar surface area (TPSA) is 118 Å². The van der Waals surface area contributed by atoms with E-state index in [1.165, 1.54) is 0 Å². The summed E-state index contributed by atoms with van der Waals surface area (Å²) in [6.45, 7) is 4.40. The van der Waals surface area contributed by atoms with Crippen LogP contribution in [0.4, 0.5) is 17.3 Å². The Labute approximate surface area is 150 Å². The van der Waals surface area contributed by atoms with Crippen LogP contribution in [0, 0.1) is 13.8 Å². The minimum Gasteiger partial charge on any atom is -0.367 e. The molecule has 0 unspecified atom stereocenters. The van der Waals surface area contributed by atoms with Crippen molar-refractivity contribution in [2.75, 3.05) is 23.7 Å². The van der Waals surface area contributed by atoms with Gasteiger partial charge in [-0.1, -0.05) is 5.16 Å². The fraction of sp³-hybridized carbons (Fsp3) is 0.235. The van der Waals surface area contributed by atoms with E-state index in [2.05, 4.69) is 36.3 Å². The molecular formula is C17H19N7O2. The SMILES string of the molecule is Cc1noc(C)c1C(=O)NCCNc1ccc(Nc2ccncc2)nn1. The monoisotopic (exact) mass is 353 g/mol. The fourth-order valence-electron chi connectivity index (χ4n) is 2.34. The molecule has 134 valence electrons. The van der Waals surface area contributed by atoms with Crippen molar-refractivity contribution in [3.63, 3.8) is 0 Å². The van der Waals surface area contributed by atoms with Crippen LogP contribution in [0.3, 0.4) is 0 Å². The molecule has 3 N–H and O–H groups in total. The lowest BCUT2D eigenvalue weighted by Gasteiger charge is -2.08. The molecule has 0 saturated carbocycles. The Kier molecular flexibility index (Phi) is 5.37. The van der Waals surface area contributed by atoms with Gasteiger partial charge in [0.05, 0.1) is 5.69 Å². The number of hydrogen-bond donors (Lipinski definition) is 3. The Morgan fingerprint density at radius 1 is 1.04 bits per heavy atom. The van der Waals surface area contributed by atoms with Crippen molar-refractivity contribution in [2.45, 2.75) is 13.8 Å². The fourth-order valence-corrected chi connectivity index (χ4v) is 2.34. The number of aromatic nitrogens is 4. The van der Waals surface area contributed by atoms with Crippen LogP contribution in [0.5, 0.6) is 0 Å². The van der Waals surface area contributed by atoms with E-state index in [0.29, 0.717) is 41.7 Å². The van der Waals surface area contributed by atoms with E-state index in [1.807, 2.05) is 24.3 Å². The minimum absolute atomic E-state index is 0.203. The van der Waals surface area contributed by atoms with Crippen LogP contribution in [-0.2, 0) is 0 Å². The van der Waals surface area contributed by atoms with E-state index in [-0.39, 0.29) is 5.91 Å². The smallest absolute Gasteiger partial charge is 0.256 e. The Morgan fingerprint density at radius 2 is 1.77 bits per heavy atom. The normalized spacial score (nSPS) is 10.4. The predicted molar refractivity (Wildman–Crippen MR) is 96.4 cm³/mol. The Bertz CT molecular complexity index is 843. The van der Waals surface area contributed by atoms with E-state index < -0.39 is 0 Å². The molecule has 0 aliphatic carbocycles. The third kappa shape index (κ3) is 4.32. The first kappa shape index (κ1) is 17.3. The number of nitrogens with zero attached hydrogens (tertiary/aromatic N) is 4. The highest BCUT2D eigenvalue weighted by atomic mass is 16.5. The molecule has 0 fully saturated rings. The highest BCUT2D eigenvalue weighted by Gasteiger charge is 2.16. The van der Waals surface area contributed by atoms with Gasteiger partial charge in [-0.2, -0.15) is 0 Å². The average Bonchev–Trinajstić information content (AvgIpc) is 2.99. The zero-order chi connectivity index (χ0) is 18.4. The standard InChI is InChI=1S/C17H19N7O2/c1-11-16(12(2)26-24-11)17(25)20-10-9-19-14-3-4-15(23-22-14)21-13-5-7-18-8-6-13/h3-8H,9-10H2,1-2H3,(H,19,22)(H,20,25)(H,18,21,23). The van der Waals surface area contributed by atoms with E-state index in [0.717, 1.165) is 5.69 Å². The van der Waals surface area contributed by atoms with Gasteiger partial charge in [0.1, 0.15) is 17.1 Å². The number of nitrogens with one attached hydrogen (secondary N) is 3. The van der Waals surface area contributed by atoms with E-state index in [4.69, 9.17) is 4.52 Å². The molecule has 0 bridgehead atoms. The largest absolute Gasteiger partial charge is 0.367 e. The maximum atomic E-state index is 12.1. The zero-order valence-corrected chi connectivity index (χ0v) is 14.5.